The van der Waals surface area contributed by atoms with Gasteiger partial charge in [-0.1, -0.05) is 18.2 Å². The topological polar surface area (TPSA) is 66.9 Å². The number of likely N-dealkylation sites (N-methyl/N-ethyl adjacent to an activating group) is 1. The molecule has 2 unspecified atom stereocenters. The molecule has 2 atom stereocenters. The first kappa shape index (κ1) is 20.9. The summed E-state index contributed by atoms with van der Waals surface area (Å²) in [5.41, 5.74) is 0. The van der Waals surface area contributed by atoms with Crippen LogP contribution >= 0.6 is 0 Å². The summed E-state index contributed by atoms with van der Waals surface area (Å²) >= 11 is 0. The molecule has 3 rings (SSSR count). The fourth-order valence-corrected chi connectivity index (χ4v) is 5.21. The van der Waals surface area contributed by atoms with E-state index in [4.69, 9.17) is 4.74 Å². The van der Waals surface area contributed by atoms with Crippen molar-refractivity contribution in [3.63, 3.8) is 0 Å². The zero-order chi connectivity index (χ0) is 20.1. The lowest BCUT2D eigenvalue weighted by Gasteiger charge is -2.34. The van der Waals surface area contributed by atoms with Crippen molar-refractivity contribution in [3.8, 4) is 0 Å². The van der Waals surface area contributed by atoms with Crippen molar-refractivity contribution < 1.29 is 17.9 Å². The SMILES string of the molecule is CN(C)CC1=CC2CCN(C(=O)CCCCS(=O)(=O)c3ccccc3)CC2O1. The number of nitrogens with zero attached hydrogens (tertiary/aromatic N) is 2. The molecule has 2 aliphatic heterocycles. The molecule has 1 saturated heterocycles. The van der Waals surface area contributed by atoms with Crippen LogP contribution in [0.3, 0.4) is 0 Å². The van der Waals surface area contributed by atoms with Gasteiger partial charge in [0, 0.05) is 18.9 Å². The summed E-state index contributed by atoms with van der Waals surface area (Å²) in [5, 5.41) is 0. The smallest absolute Gasteiger partial charge is 0.222 e. The van der Waals surface area contributed by atoms with Gasteiger partial charge in [-0.3, -0.25) is 4.79 Å². The second kappa shape index (κ2) is 9.09. The van der Waals surface area contributed by atoms with Crippen LogP contribution in [0.1, 0.15) is 25.7 Å². The van der Waals surface area contributed by atoms with E-state index in [1.165, 1.54) is 0 Å². The number of hydrogen-bond donors (Lipinski definition) is 0. The minimum atomic E-state index is -3.27. The van der Waals surface area contributed by atoms with Gasteiger partial charge in [-0.2, -0.15) is 0 Å². The molecule has 6 nitrogen and oxygen atoms in total. The fraction of sp³-hybridized carbons (Fsp3) is 0.571. The average Bonchev–Trinajstić information content (AvgIpc) is 3.06. The molecule has 0 N–H and O–H groups in total. The Kier molecular flexibility index (Phi) is 6.78. The summed E-state index contributed by atoms with van der Waals surface area (Å²) in [6.07, 6.45) is 4.66. The number of ether oxygens (including phenoxy) is 1. The average molecular weight is 407 g/mol. The van der Waals surface area contributed by atoms with Crippen molar-refractivity contribution in [1.29, 1.82) is 0 Å². The van der Waals surface area contributed by atoms with Crippen molar-refractivity contribution in [1.82, 2.24) is 9.80 Å². The largest absolute Gasteiger partial charge is 0.491 e. The van der Waals surface area contributed by atoms with Crippen LogP contribution in [-0.4, -0.2) is 69.7 Å². The number of likely N-dealkylation sites (tertiary alicyclic amines) is 1. The van der Waals surface area contributed by atoms with Gasteiger partial charge in [0.05, 0.1) is 23.7 Å². The molecule has 0 radical (unpaired) electrons. The highest BCUT2D eigenvalue weighted by atomic mass is 32.2. The highest BCUT2D eigenvalue weighted by Crippen LogP contribution is 2.31. The molecular weight excluding hydrogens is 376 g/mol. The Morgan fingerprint density at radius 1 is 1.21 bits per heavy atom. The minimum absolute atomic E-state index is 0.0612. The van der Waals surface area contributed by atoms with Crippen molar-refractivity contribution in [2.24, 2.45) is 5.92 Å². The van der Waals surface area contributed by atoms with Gasteiger partial charge in [0.15, 0.2) is 9.84 Å². The van der Waals surface area contributed by atoms with E-state index in [2.05, 4.69) is 11.0 Å². The quantitative estimate of drug-likeness (QED) is 0.620. The Balaban J connectivity index is 1.41. The zero-order valence-electron chi connectivity index (χ0n) is 16.7. The molecule has 1 fully saturated rings. The van der Waals surface area contributed by atoms with Crippen LogP contribution in [0.15, 0.2) is 47.1 Å². The normalized spacial score (nSPS) is 22.0. The Morgan fingerprint density at radius 3 is 2.68 bits per heavy atom. The number of benzene rings is 1. The monoisotopic (exact) mass is 406 g/mol. The molecule has 154 valence electrons. The number of carbonyl (C=O) groups excluding carboxylic acids is 1. The van der Waals surface area contributed by atoms with Crippen LogP contribution in [0.5, 0.6) is 0 Å². The number of rotatable bonds is 8. The molecule has 2 aliphatic rings. The Labute approximate surface area is 168 Å². The molecule has 1 amide bonds. The second-order valence-corrected chi connectivity index (χ2v) is 10.0. The standard InChI is InChI=1S/C21H30N2O4S/c1-22(2)15-18-14-17-11-12-23(16-20(17)27-18)21(24)10-6-7-13-28(25,26)19-8-4-3-5-9-19/h3-5,8-9,14,17,20H,6-7,10-13,15-16H2,1-2H3. The van der Waals surface area contributed by atoms with Crippen LogP contribution in [0.25, 0.3) is 0 Å². The first-order valence-corrected chi connectivity index (χ1v) is 11.6. The lowest BCUT2D eigenvalue weighted by Crippen LogP contribution is -2.45. The third-order valence-corrected chi connectivity index (χ3v) is 7.11. The first-order chi connectivity index (χ1) is 13.3. The first-order valence-electron chi connectivity index (χ1n) is 9.93. The van der Waals surface area contributed by atoms with E-state index in [-0.39, 0.29) is 17.8 Å². The van der Waals surface area contributed by atoms with Crippen molar-refractivity contribution in [2.75, 3.05) is 39.5 Å². The Morgan fingerprint density at radius 2 is 1.96 bits per heavy atom. The molecule has 0 aromatic heterocycles. The van der Waals surface area contributed by atoms with Gasteiger partial charge in [-0.05, 0) is 51.6 Å². The highest BCUT2D eigenvalue weighted by Gasteiger charge is 2.36. The van der Waals surface area contributed by atoms with Gasteiger partial charge in [0.2, 0.25) is 5.91 Å². The highest BCUT2D eigenvalue weighted by molar-refractivity contribution is 7.91. The molecule has 0 aliphatic carbocycles. The van der Waals surface area contributed by atoms with Gasteiger partial charge in [0.25, 0.3) is 0 Å². The van der Waals surface area contributed by atoms with E-state index in [1.807, 2.05) is 19.0 Å². The molecule has 28 heavy (non-hydrogen) atoms. The van der Waals surface area contributed by atoms with Crippen LogP contribution in [0.4, 0.5) is 0 Å². The number of hydrogen-bond acceptors (Lipinski definition) is 5. The third kappa shape index (κ3) is 5.35. The van der Waals surface area contributed by atoms with E-state index in [0.29, 0.717) is 36.6 Å². The number of fused-ring (bicyclic) bond motifs is 1. The van der Waals surface area contributed by atoms with Crippen LogP contribution in [0.2, 0.25) is 0 Å². The Bertz CT molecular complexity index is 805. The number of amides is 1. The summed E-state index contributed by atoms with van der Waals surface area (Å²) < 4.78 is 30.6. The fourth-order valence-electron chi connectivity index (χ4n) is 3.82. The number of piperidine rings is 1. The van der Waals surface area contributed by atoms with Gasteiger partial charge >= 0.3 is 0 Å². The van der Waals surface area contributed by atoms with Gasteiger partial charge in [-0.15, -0.1) is 0 Å². The summed E-state index contributed by atoms with van der Waals surface area (Å²) in [6, 6.07) is 8.48. The van der Waals surface area contributed by atoms with Crippen LogP contribution in [-0.2, 0) is 19.4 Å². The van der Waals surface area contributed by atoms with E-state index in [1.54, 1.807) is 30.3 Å². The third-order valence-electron chi connectivity index (χ3n) is 5.29. The summed E-state index contributed by atoms with van der Waals surface area (Å²) in [5.74, 6) is 1.58. The Hall–Kier alpha value is -1.86. The maximum Gasteiger partial charge on any atom is 0.222 e. The molecule has 1 aromatic carbocycles. The number of unbranched alkanes of at least 4 members (excludes halogenated alkanes) is 1. The van der Waals surface area contributed by atoms with Gasteiger partial charge in [0.1, 0.15) is 11.9 Å². The van der Waals surface area contributed by atoms with Gasteiger partial charge in [-0.25, -0.2) is 8.42 Å². The van der Waals surface area contributed by atoms with Crippen molar-refractivity contribution in [3.05, 3.63) is 42.2 Å². The second-order valence-electron chi connectivity index (χ2n) is 7.91. The maximum absolute atomic E-state index is 12.5. The lowest BCUT2D eigenvalue weighted by atomic mass is 9.94. The predicted molar refractivity (Wildman–Crippen MR) is 109 cm³/mol. The molecule has 0 saturated carbocycles. The maximum atomic E-state index is 12.5. The van der Waals surface area contributed by atoms with E-state index in [0.717, 1.165) is 25.3 Å². The molecule has 1 aromatic rings. The number of sulfone groups is 1. The van der Waals surface area contributed by atoms with E-state index < -0.39 is 9.84 Å². The van der Waals surface area contributed by atoms with Crippen molar-refractivity contribution in [2.45, 2.75) is 36.7 Å². The summed E-state index contributed by atoms with van der Waals surface area (Å²) in [7, 11) is 0.761. The minimum Gasteiger partial charge on any atom is -0.491 e. The zero-order valence-corrected chi connectivity index (χ0v) is 17.5. The predicted octanol–water partition coefficient (Wildman–Crippen LogP) is 2.32. The molecular formula is C21H30N2O4S. The summed E-state index contributed by atoms with van der Waals surface area (Å²) in [6.45, 7) is 2.16. The van der Waals surface area contributed by atoms with E-state index in [9.17, 15) is 13.2 Å². The summed E-state index contributed by atoms with van der Waals surface area (Å²) in [4.78, 5) is 16.8. The molecule has 2 heterocycles. The van der Waals surface area contributed by atoms with E-state index >= 15 is 0 Å². The molecule has 0 spiro atoms. The molecule has 0 bridgehead atoms. The lowest BCUT2D eigenvalue weighted by molar-refractivity contribution is -0.135. The van der Waals surface area contributed by atoms with Crippen LogP contribution in [0, 0.1) is 5.92 Å². The number of carbonyl (C=O) groups is 1. The van der Waals surface area contributed by atoms with Crippen LogP contribution < -0.4 is 0 Å². The molecule has 7 heteroatoms. The van der Waals surface area contributed by atoms with Gasteiger partial charge < -0.3 is 14.5 Å². The van der Waals surface area contributed by atoms with Crippen molar-refractivity contribution >= 4 is 15.7 Å².